The van der Waals surface area contributed by atoms with Gasteiger partial charge in [0.05, 0.1) is 6.21 Å². The third kappa shape index (κ3) is 14.8. The zero-order valence-corrected chi connectivity index (χ0v) is 20.7. The number of unbranched alkanes of at least 4 members (excludes halogenated alkanes) is 12. The van der Waals surface area contributed by atoms with Crippen molar-refractivity contribution in [1.29, 1.82) is 0 Å². The number of amides is 1. The number of hydrogen-bond donors (Lipinski definition) is 1. The van der Waals surface area contributed by atoms with Crippen LogP contribution in [0.1, 0.15) is 102 Å². The van der Waals surface area contributed by atoms with E-state index in [1.807, 2.05) is 18.2 Å². The van der Waals surface area contributed by atoms with Crippen LogP contribution in [0.15, 0.2) is 27.8 Å². The second-order valence-corrected chi connectivity index (χ2v) is 8.88. The summed E-state index contributed by atoms with van der Waals surface area (Å²) in [6.07, 6.45) is 24.2. The van der Waals surface area contributed by atoms with Crippen molar-refractivity contribution in [3.05, 3.63) is 28.2 Å². The van der Waals surface area contributed by atoms with E-state index in [0.717, 1.165) is 22.9 Å². The van der Waals surface area contributed by atoms with Gasteiger partial charge in [0.1, 0.15) is 12.4 Å². The first kappa shape index (κ1) is 27.2. The maximum Gasteiger partial charge on any atom is 0.240 e. The topological polar surface area (TPSA) is 50.7 Å². The molecule has 0 saturated heterocycles. The van der Waals surface area contributed by atoms with Crippen LogP contribution < -0.4 is 10.2 Å². The Bertz CT molecular complexity index is 682. The fraction of sp³-hybridized carbons (Fsp3) is 0.615. The molecule has 5 heteroatoms. The second kappa shape index (κ2) is 18.9. The Hall–Kier alpha value is -1.80. The van der Waals surface area contributed by atoms with Gasteiger partial charge < -0.3 is 4.74 Å². The van der Waals surface area contributed by atoms with Gasteiger partial charge in [0, 0.05) is 16.5 Å². The number of hydrogen-bond acceptors (Lipinski definition) is 3. The van der Waals surface area contributed by atoms with Crippen LogP contribution in [-0.2, 0) is 4.79 Å². The highest BCUT2D eigenvalue weighted by Gasteiger charge is 2.03. The van der Waals surface area contributed by atoms with E-state index < -0.39 is 0 Å². The quantitative estimate of drug-likeness (QED) is 0.101. The molecule has 1 amide bonds. The average molecular weight is 492 g/mol. The maximum absolute atomic E-state index is 12.0. The number of carbonyl (C=O) groups is 1. The molecule has 0 bridgehead atoms. The van der Waals surface area contributed by atoms with Crippen molar-refractivity contribution in [1.82, 2.24) is 5.43 Å². The van der Waals surface area contributed by atoms with Gasteiger partial charge in [-0.15, -0.1) is 6.42 Å². The minimum absolute atomic E-state index is 0.0552. The summed E-state index contributed by atoms with van der Waals surface area (Å²) in [7, 11) is 0. The average Bonchev–Trinajstić information content (AvgIpc) is 2.76. The van der Waals surface area contributed by atoms with Crippen molar-refractivity contribution in [2.24, 2.45) is 5.10 Å². The van der Waals surface area contributed by atoms with Crippen LogP contribution >= 0.6 is 15.9 Å². The molecule has 0 radical (unpaired) electrons. The molecule has 1 aromatic carbocycles. The summed E-state index contributed by atoms with van der Waals surface area (Å²) in [4.78, 5) is 12.0. The van der Waals surface area contributed by atoms with Gasteiger partial charge in [0.2, 0.25) is 5.91 Å². The number of carbonyl (C=O) groups excluding carboxylic acids is 1. The maximum atomic E-state index is 12.0. The van der Waals surface area contributed by atoms with E-state index in [1.165, 1.54) is 70.6 Å². The summed E-state index contributed by atoms with van der Waals surface area (Å²) in [6.45, 7) is 2.45. The summed E-state index contributed by atoms with van der Waals surface area (Å²) >= 11 is 3.42. The number of hydrazone groups is 1. The highest BCUT2D eigenvalue weighted by atomic mass is 79.9. The van der Waals surface area contributed by atoms with Crippen molar-refractivity contribution >= 4 is 28.1 Å². The van der Waals surface area contributed by atoms with Gasteiger partial charge in [0.25, 0.3) is 0 Å². The Morgan fingerprint density at radius 3 is 2.19 bits per heavy atom. The number of halogens is 1. The smallest absolute Gasteiger partial charge is 0.240 e. The van der Waals surface area contributed by atoms with Crippen molar-refractivity contribution in [2.75, 3.05) is 6.61 Å². The first-order valence-corrected chi connectivity index (χ1v) is 12.6. The molecule has 0 aliphatic rings. The SMILES string of the molecule is C#CCOc1ccc(Br)cc1/C=N/NC(=O)CCCCCCCCCCCCCCC. The number of benzene rings is 1. The molecular weight excluding hydrogens is 452 g/mol. The Balaban J connectivity index is 2.06. The summed E-state index contributed by atoms with van der Waals surface area (Å²) < 4.78 is 6.39. The van der Waals surface area contributed by atoms with Crippen LogP contribution in [0.5, 0.6) is 5.75 Å². The van der Waals surface area contributed by atoms with Gasteiger partial charge in [-0.1, -0.05) is 106 Å². The molecule has 0 aliphatic heterocycles. The van der Waals surface area contributed by atoms with Crippen molar-refractivity contribution in [3.63, 3.8) is 0 Å². The first-order valence-electron chi connectivity index (χ1n) is 11.8. The first-order chi connectivity index (χ1) is 15.2. The molecule has 0 heterocycles. The molecule has 0 atom stereocenters. The molecule has 0 aliphatic carbocycles. The molecule has 172 valence electrons. The third-order valence-corrected chi connectivity index (χ3v) is 5.68. The van der Waals surface area contributed by atoms with Gasteiger partial charge >= 0.3 is 0 Å². The Morgan fingerprint density at radius 2 is 1.61 bits per heavy atom. The minimum atomic E-state index is -0.0552. The lowest BCUT2D eigenvalue weighted by atomic mass is 10.0. The zero-order chi connectivity index (χ0) is 22.6. The Labute approximate surface area is 197 Å². The molecule has 0 unspecified atom stereocenters. The molecule has 0 fully saturated rings. The largest absolute Gasteiger partial charge is 0.480 e. The number of terminal acetylenes is 1. The summed E-state index contributed by atoms with van der Waals surface area (Å²) in [5.74, 6) is 3.02. The van der Waals surface area contributed by atoms with Gasteiger partial charge in [0.15, 0.2) is 0 Å². The van der Waals surface area contributed by atoms with Gasteiger partial charge in [-0.05, 0) is 24.6 Å². The number of nitrogens with zero attached hydrogens (tertiary/aromatic N) is 1. The van der Waals surface area contributed by atoms with Gasteiger partial charge in [-0.3, -0.25) is 4.79 Å². The molecular formula is C26H39BrN2O2. The Morgan fingerprint density at radius 1 is 1.03 bits per heavy atom. The number of rotatable bonds is 18. The minimum Gasteiger partial charge on any atom is -0.480 e. The molecule has 0 aromatic heterocycles. The highest BCUT2D eigenvalue weighted by molar-refractivity contribution is 9.10. The van der Waals surface area contributed by atoms with Crippen molar-refractivity contribution in [2.45, 2.75) is 96.8 Å². The highest BCUT2D eigenvalue weighted by Crippen LogP contribution is 2.21. The summed E-state index contributed by atoms with van der Waals surface area (Å²) in [6, 6.07) is 5.56. The van der Waals surface area contributed by atoms with Crippen LogP contribution in [-0.4, -0.2) is 18.7 Å². The van der Waals surface area contributed by atoms with Crippen molar-refractivity contribution in [3.8, 4) is 18.1 Å². The zero-order valence-electron chi connectivity index (χ0n) is 19.1. The normalized spacial score (nSPS) is 10.9. The van der Waals surface area contributed by atoms with Crippen LogP contribution in [0, 0.1) is 12.3 Å². The predicted octanol–water partition coefficient (Wildman–Crippen LogP) is 7.39. The third-order valence-electron chi connectivity index (χ3n) is 5.18. The molecule has 31 heavy (non-hydrogen) atoms. The van der Waals surface area contributed by atoms with Crippen LogP contribution in [0.2, 0.25) is 0 Å². The molecule has 0 spiro atoms. The summed E-state index contributed by atoms with van der Waals surface area (Å²) in [5, 5.41) is 4.05. The van der Waals surface area contributed by atoms with Crippen LogP contribution in [0.4, 0.5) is 0 Å². The van der Waals surface area contributed by atoms with E-state index in [2.05, 4.69) is 39.3 Å². The fourth-order valence-electron chi connectivity index (χ4n) is 3.40. The second-order valence-electron chi connectivity index (χ2n) is 7.96. The van der Waals surface area contributed by atoms with E-state index in [0.29, 0.717) is 12.2 Å². The number of nitrogens with one attached hydrogen (secondary N) is 1. The van der Waals surface area contributed by atoms with Crippen LogP contribution in [0.3, 0.4) is 0 Å². The van der Waals surface area contributed by atoms with Gasteiger partial charge in [-0.25, -0.2) is 5.43 Å². The number of ether oxygens (including phenoxy) is 1. The van der Waals surface area contributed by atoms with E-state index in [4.69, 9.17) is 11.2 Å². The lowest BCUT2D eigenvalue weighted by Gasteiger charge is -2.06. The summed E-state index contributed by atoms with van der Waals surface area (Å²) in [5.41, 5.74) is 3.35. The standard InChI is InChI=1S/C26H39BrN2O2/c1-3-5-6-7-8-9-10-11-12-13-14-15-16-17-26(30)29-28-22-23-21-24(27)18-19-25(23)31-20-4-2/h2,18-19,21-22H,3,5-17,20H2,1H3,(H,29,30)/b28-22+. The molecule has 1 N–H and O–H groups in total. The molecule has 0 saturated carbocycles. The van der Waals surface area contributed by atoms with Gasteiger partial charge in [-0.2, -0.15) is 5.10 Å². The van der Waals surface area contributed by atoms with E-state index in [9.17, 15) is 4.79 Å². The van der Waals surface area contributed by atoms with E-state index in [-0.39, 0.29) is 12.5 Å². The lowest BCUT2D eigenvalue weighted by Crippen LogP contribution is -2.17. The fourth-order valence-corrected chi connectivity index (χ4v) is 3.78. The molecule has 1 aromatic rings. The lowest BCUT2D eigenvalue weighted by molar-refractivity contribution is -0.121. The molecule has 4 nitrogen and oxygen atoms in total. The monoisotopic (exact) mass is 490 g/mol. The predicted molar refractivity (Wildman–Crippen MR) is 135 cm³/mol. The molecule has 1 rings (SSSR count). The Kier molecular flexibility index (Phi) is 16.6. The van der Waals surface area contributed by atoms with E-state index in [1.54, 1.807) is 6.21 Å². The van der Waals surface area contributed by atoms with Crippen LogP contribution in [0.25, 0.3) is 0 Å². The van der Waals surface area contributed by atoms with Crippen molar-refractivity contribution < 1.29 is 9.53 Å². The van der Waals surface area contributed by atoms with E-state index >= 15 is 0 Å².